The zero-order chi connectivity index (χ0) is 15.4. The van der Waals surface area contributed by atoms with Crippen molar-refractivity contribution >= 4 is 5.97 Å². The third-order valence-corrected chi connectivity index (χ3v) is 2.79. The molecule has 0 unspecified atom stereocenters. The number of nitrogens with zero attached hydrogens (tertiary/aromatic N) is 1. The molecule has 0 amide bonds. The number of aryl methyl sites for hydroxylation is 1. The lowest BCUT2D eigenvalue weighted by atomic mass is 10.1. The third kappa shape index (κ3) is 3.59. The number of carbonyl (C=O) groups excluding carboxylic acids is 1. The van der Waals surface area contributed by atoms with Crippen LogP contribution in [0.5, 0.6) is 5.75 Å². The van der Waals surface area contributed by atoms with Crippen molar-refractivity contribution in [1.29, 1.82) is 0 Å². The van der Waals surface area contributed by atoms with Crippen LogP contribution in [0.3, 0.4) is 0 Å². The van der Waals surface area contributed by atoms with Gasteiger partial charge >= 0.3 is 5.97 Å². The monoisotopic (exact) mass is 295 g/mol. The van der Waals surface area contributed by atoms with E-state index in [1.807, 2.05) is 6.92 Å². The van der Waals surface area contributed by atoms with Gasteiger partial charge in [-0.15, -0.1) is 0 Å². The molecule has 0 saturated heterocycles. The first-order chi connectivity index (χ1) is 10.0. The van der Waals surface area contributed by atoms with E-state index in [9.17, 15) is 18.0 Å². The summed E-state index contributed by atoms with van der Waals surface area (Å²) in [5.74, 6) is -5.99. The minimum Gasteiger partial charge on any atom is -0.418 e. The molecule has 3 nitrogen and oxygen atoms in total. The van der Waals surface area contributed by atoms with Crippen LogP contribution in [0.2, 0.25) is 0 Å². The molecule has 6 heteroatoms. The summed E-state index contributed by atoms with van der Waals surface area (Å²) >= 11 is 0. The van der Waals surface area contributed by atoms with Crippen LogP contribution in [-0.2, 0) is 6.42 Å². The first kappa shape index (κ1) is 15.0. The maximum atomic E-state index is 13.3. The standard InChI is InChI=1S/C15H12F3NO2/c1-2-3-9-4-6-10(7-5-9)15(20)21-12-8-11(16)13(17)19-14(12)18/h4-8H,2-3H2,1H3. The molecule has 1 aromatic heterocycles. The first-order valence-corrected chi connectivity index (χ1v) is 6.34. The quantitative estimate of drug-likeness (QED) is 0.638. The summed E-state index contributed by atoms with van der Waals surface area (Å²) in [6.07, 6.45) is 1.84. The number of aromatic nitrogens is 1. The lowest BCUT2D eigenvalue weighted by molar-refractivity contribution is 0.0724. The van der Waals surface area contributed by atoms with Crippen LogP contribution >= 0.6 is 0 Å². The highest BCUT2D eigenvalue weighted by Crippen LogP contribution is 2.19. The van der Waals surface area contributed by atoms with Gasteiger partial charge in [0, 0.05) is 6.07 Å². The zero-order valence-electron chi connectivity index (χ0n) is 11.2. The average molecular weight is 295 g/mol. The predicted molar refractivity (Wildman–Crippen MR) is 69.5 cm³/mol. The summed E-state index contributed by atoms with van der Waals surface area (Å²) in [6.45, 7) is 2.03. The second-order valence-corrected chi connectivity index (χ2v) is 4.39. The molecular weight excluding hydrogens is 283 g/mol. The fraction of sp³-hybridized carbons (Fsp3) is 0.200. The number of benzene rings is 1. The SMILES string of the molecule is CCCc1ccc(C(=O)Oc2cc(F)c(F)nc2F)cc1. The molecule has 2 aromatic rings. The van der Waals surface area contributed by atoms with Gasteiger partial charge in [0.25, 0.3) is 11.9 Å². The number of pyridine rings is 1. The number of halogens is 3. The lowest BCUT2D eigenvalue weighted by Crippen LogP contribution is -2.11. The summed E-state index contributed by atoms with van der Waals surface area (Å²) in [7, 11) is 0. The number of hydrogen-bond acceptors (Lipinski definition) is 3. The van der Waals surface area contributed by atoms with Crippen molar-refractivity contribution in [2.75, 3.05) is 0 Å². The predicted octanol–water partition coefficient (Wildman–Crippen LogP) is 3.67. The van der Waals surface area contributed by atoms with Gasteiger partial charge in [-0.3, -0.25) is 0 Å². The highest BCUT2D eigenvalue weighted by atomic mass is 19.2. The van der Waals surface area contributed by atoms with E-state index in [4.69, 9.17) is 0 Å². The number of carbonyl (C=O) groups is 1. The topological polar surface area (TPSA) is 39.2 Å². The number of ether oxygens (including phenoxy) is 1. The van der Waals surface area contributed by atoms with Crippen molar-refractivity contribution in [2.45, 2.75) is 19.8 Å². The number of esters is 1. The molecule has 0 bridgehead atoms. The molecule has 0 atom stereocenters. The maximum absolute atomic E-state index is 13.3. The fourth-order valence-corrected chi connectivity index (χ4v) is 1.76. The molecule has 0 spiro atoms. The number of rotatable bonds is 4. The van der Waals surface area contributed by atoms with E-state index in [0.29, 0.717) is 6.07 Å². The van der Waals surface area contributed by atoms with Gasteiger partial charge in [-0.05, 0) is 24.1 Å². The first-order valence-electron chi connectivity index (χ1n) is 6.34. The Bertz CT molecular complexity index is 657. The Morgan fingerprint density at radius 2 is 1.81 bits per heavy atom. The molecule has 1 heterocycles. The van der Waals surface area contributed by atoms with Crippen molar-refractivity contribution < 1.29 is 22.7 Å². The van der Waals surface area contributed by atoms with E-state index in [2.05, 4.69) is 9.72 Å². The van der Waals surface area contributed by atoms with Gasteiger partial charge in [-0.2, -0.15) is 13.8 Å². The highest BCUT2D eigenvalue weighted by molar-refractivity contribution is 5.91. The smallest absolute Gasteiger partial charge is 0.343 e. The van der Waals surface area contributed by atoms with E-state index >= 15 is 0 Å². The van der Waals surface area contributed by atoms with E-state index in [-0.39, 0.29) is 5.56 Å². The molecule has 21 heavy (non-hydrogen) atoms. The Hall–Kier alpha value is -2.37. The minimum atomic E-state index is -1.59. The van der Waals surface area contributed by atoms with E-state index in [1.54, 1.807) is 12.1 Å². The van der Waals surface area contributed by atoms with Gasteiger partial charge in [0.15, 0.2) is 11.6 Å². The molecule has 0 aliphatic heterocycles. The van der Waals surface area contributed by atoms with Crippen molar-refractivity contribution in [2.24, 2.45) is 0 Å². The van der Waals surface area contributed by atoms with Gasteiger partial charge in [0.1, 0.15) is 0 Å². The summed E-state index contributed by atoms with van der Waals surface area (Å²) in [5, 5.41) is 0. The molecule has 1 aromatic carbocycles. The second-order valence-electron chi connectivity index (χ2n) is 4.39. The molecule has 0 aliphatic carbocycles. The zero-order valence-corrected chi connectivity index (χ0v) is 11.2. The summed E-state index contributed by atoms with van der Waals surface area (Å²) in [5.41, 5.74) is 1.23. The van der Waals surface area contributed by atoms with Crippen LogP contribution in [-0.4, -0.2) is 11.0 Å². The summed E-state index contributed by atoms with van der Waals surface area (Å²) in [6, 6.07) is 7.00. The van der Waals surface area contributed by atoms with Gasteiger partial charge in [0.2, 0.25) is 0 Å². The molecule has 2 rings (SSSR count). The van der Waals surface area contributed by atoms with Crippen molar-refractivity contribution in [3.05, 3.63) is 59.2 Å². The van der Waals surface area contributed by atoms with E-state index in [0.717, 1.165) is 18.4 Å². The fourth-order valence-electron chi connectivity index (χ4n) is 1.76. The lowest BCUT2D eigenvalue weighted by Gasteiger charge is -2.06. The van der Waals surface area contributed by atoms with Crippen molar-refractivity contribution in [3.8, 4) is 5.75 Å². The molecule has 0 N–H and O–H groups in total. The maximum Gasteiger partial charge on any atom is 0.343 e. The molecular formula is C15H12F3NO2. The molecule has 0 saturated carbocycles. The Balaban J connectivity index is 2.16. The minimum absolute atomic E-state index is 0.180. The van der Waals surface area contributed by atoms with Gasteiger partial charge in [-0.1, -0.05) is 25.5 Å². The van der Waals surface area contributed by atoms with Gasteiger partial charge < -0.3 is 4.74 Å². The number of hydrogen-bond donors (Lipinski definition) is 0. The molecule has 0 aliphatic rings. The Labute approximate surface area is 119 Å². The van der Waals surface area contributed by atoms with E-state index < -0.39 is 29.4 Å². The molecule has 0 fully saturated rings. The van der Waals surface area contributed by atoms with Crippen LogP contribution in [0, 0.1) is 17.7 Å². The highest BCUT2D eigenvalue weighted by Gasteiger charge is 2.16. The second kappa shape index (κ2) is 6.39. The molecule has 110 valence electrons. The Morgan fingerprint density at radius 1 is 1.14 bits per heavy atom. The van der Waals surface area contributed by atoms with Crippen LogP contribution in [0.25, 0.3) is 0 Å². The van der Waals surface area contributed by atoms with Crippen LogP contribution < -0.4 is 4.74 Å². The Kier molecular flexibility index (Phi) is 4.57. The average Bonchev–Trinajstić information content (AvgIpc) is 2.46. The van der Waals surface area contributed by atoms with E-state index in [1.165, 1.54) is 12.1 Å². The van der Waals surface area contributed by atoms with Gasteiger partial charge in [0.05, 0.1) is 5.56 Å². The van der Waals surface area contributed by atoms with Crippen LogP contribution in [0.4, 0.5) is 13.2 Å². The summed E-state index contributed by atoms with van der Waals surface area (Å²) < 4.78 is 43.6. The third-order valence-electron chi connectivity index (χ3n) is 2.79. The molecule has 0 radical (unpaired) electrons. The van der Waals surface area contributed by atoms with Gasteiger partial charge in [-0.25, -0.2) is 9.18 Å². The van der Waals surface area contributed by atoms with Crippen LogP contribution in [0.1, 0.15) is 29.3 Å². The van der Waals surface area contributed by atoms with Crippen molar-refractivity contribution in [1.82, 2.24) is 4.98 Å². The van der Waals surface area contributed by atoms with Crippen LogP contribution in [0.15, 0.2) is 30.3 Å². The Morgan fingerprint density at radius 3 is 2.43 bits per heavy atom. The largest absolute Gasteiger partial charge is 0.418 e. The normalized spacial score (nSPS) is 10.5. The van der Waals surface area contributed by atoms with Crippen molar-refractivity contribution in [3.63, 3.8) is 0 Å². The summed E-state index contributed by atoms with van der Waals surface area (Å²) in [4.78, 5) is 14.5.